The number of hydrogen-bond donors (Lipinski definition) is 1. The zero-order valence-corrected chi connectivity index (χ0v) is 12.5. The molecule has 102 valence electrons. The number of rotatable bonds is 5. The number of piperidine rings is 1. The minimum Gasteiger partial charge on any atom is -0.339 e. The minimum atomic E-state index is 0. The molecule has 3 nitrogen and oxygen atoms in total. The smallest absolute Gasteiger partial charge is 0.226 e. The van der Waals surface area contributed by atoms with Crippen molar-refractivity contribution in [2.75, 3.05) is 25.1 Å². The monoisotopic (exact) mass is 280 g/mol. The number of carbonyl (C=O) groups excluding carboxylic acids is 1. The predicted molar refractivity (Wildman–Crippen MR) is 77.8 cm³/mol. The van der Waals surface area contributed by atoms with Crippen molar-refractivity contribution >= 4 is 30.1 Å². The van der Waals surface area contributed by atoms with Gasteiger partial charge in [0, 0.05) is 24.3 Å². The molecular formula is C12H25ClN2OS. The Labute approximate surface area is 115 Å². The van der Waals surface area contributed by atoms with Gasteiger partial charge in [-0.05, 0) is 38.5 Å². The van der Waals surface area contributed by atoms with E-state index in [1.54, 1.807) is 11.8 Å². The van der Waals surface area contributed by atoms with E-state index in [4.69, 9.17) is 5.73 Å². The molecule has 1 aliphatic rings. The van der Waals surface area contributed by atoms with E-state index in [1.807, 2.05) is 6.92 Å². The van der Waals surface area contributed by atoms with E-state index in [1.165, 1.54) is 6.42 Å². The summed E-state index contributed by atoms with van der Waals surface area (Å²) in [5.41, 5.74) is 5.61. The van der Waals surface area contributed by atoms with Gasteiger partial charge in [-0.2, -0.15) is 11.8 Å². The largest absolute Gasteiger partial charge is 0.339 e. The van der Waals surface area contributed by atoms with Gasteiger partial charge in [0.25, 0.3) is 0 Å². The molecule has 17 heavy (non-hydrogen) atoms. The van der Waals surface area contributed by atoms with Gasteiger partial charge in [0.05, 0.1) is 0 Å². The molecule has 2 unspecified atom stereocenters. The van der Waals surface area contributed by atoms with Crippen LogP contribution in [-0.2, 0) is 4.79 Å². The molecule has 0 spiro atoms. The summed E-state index contributed by atoms with van der Waals surface area (Å²) >= 11 is 1.74. The summed E-state index contributed by atoms with van der Waals surface area (Å²) in [5.74, 6) is 1.39. The molecule has 5 heteroatoms. The Morgan fingerprint density at radius 3 is 2.82 bits per heavy atom. The van der Waals surface area contributed by atoms with Gasteiger partial charge in [0.1, 0.15) is 0 Å². The number of carbonyl (C=O) groups is 1. The zero-order valence-electron chi connectivity index (χ0n) is 10.9. The summed E-state index contributed by atoms with van der Waals surface area (Å²) in [6.07, 6.45) is 6.54. The fourth-order valence-electron chi connectivity index (χ4n) is 2.39. The van der Waals surface area contributed by atoms with Gasteiger partial charge in [0.2, 0.25) is 5.91 Å². The topological polar surface area (TPSA) is 46.3 Å². The third-order valence-corrected chi connectivity index (χ3v) is 4.08. The second kappa shape index (κ2) is 9.06. The molecule has 1 aliphatic heterocycles. The van der Waals surface area contributed by atoms with Crippen LogP contribution in [0.25, 0.3) is 0 Å². The Morgan fingerprint density at radius 1 is 1.53 bits per heavy atom. The van der Waals surface area contributed by atoms with E-state index >= 15 is 0 Å². The number of halogens is 1. The van der Waals surface area contributed by atoms with Gasteiger partial charge in [-0.25, -0.2) is 0 Å². The number of amides is 1. The summed E-state index contributed by atoms with van der Waals surface area (Å²) in [6.45, 7) is 3.65. The van der Waals surface area contributed by atoms with E-state index in [-0.39, 0.29) is 18.3 Å². The lowest BCUT2D eigenvalue weighted by molar-refractivity contribution is -0.138. The van der Waals surface area contributed by atoms with Gasteiger partial charge in [-0.3, -0.25) is 4.79 Å². The summed E-state index contributed by atoms with van der Waals surface area (Å²) in [5, 5.41) is 0. The Kier molecular flexibility index (Phi) is 9.10. The zero-order chi connectivity index (χ0) is 12.0. The third-order valence-electron chi connectivity index (χ3n) is 3.25. The van der Waals surface area contributed by atoms with Crippen LogP contribution < -0.4 is 5.73 Å². The molecule has 0 aromatic rings. The second-order valence-electron chi connectivity index (χ2n) is 4.61. The molecule has 2 atom stereocenters. The van der Waals surface area contributed by atoms with E-state index in [0.29, 0.717) is 18.5 Å². The molecule has 1 amide bonds. The molecule has 0 radical (unpaired) electrons. The van der Waals surface area contributed by atoms with Crippen LogP contribution in [0.3, 0.4) is 0 Å². The van der Waals surface area contributed by atoms with Gasteiger partial charge in [0.15, 0.2) is 0 Å². The molecule has 1 saturated heterocycles. The van der Waals surface area contributed by atoms with E-state index in [9.17, 15) is 4.79 Å². The lowest BCUT2D eigenvalue weighted by Crippen LogP contribution is -2.47. The quantitative estimate of drug-likeness (QED) is 0.839. The third kappa shape index (κ3) is 5.06. The van der Waals surface area contributed by atoms with Crippen LogP contribution in [0.2, 0.25) is 0 Å². The van der Waals surface area contributed by atoms with Crippen LogP contribution in [0, 0.1) is 5.92 Å². The Bertz CT molecular complexity index is 227. The highest BCUT2D eigenvalue weighted by atomic mass is 35.5. The van der Waals surface area contributed by atoms with Gasteiger partial charge in [-0.15, -0.1) is 12.4 Å². The normalized spacial score (nSPS) is 21.8. The highest BCUT2D eigenvalue weighted by molar-refractivity contribution is 7.98. The molecule has 0 aromatic carbocycles. The van der Waals surface area contributed by atoms with Crippen LogP contribution in [0.4, 0.5) is 0 Å². The first kappa shape index (κ1) is 17.1. The first-order chi connectivity index (χ1) is 7.70. The average molecular weight is 281 g/mol. The maximum atomic E-state index is 12.2. The summed E-state index contributed by atoms with van der Waals surface area (Å²) in [7, 11) is 0. The fraction of sp³-hybridized carbons (Fsp3) is 0.917. The molecule has 2 N–H and O–H groups in total. The molecule has 1 heterocycles. The minimum absolute atomic E-state index is 0. The number of thioether (sulfide) groups is 1. The summed E-state index contributed by atoms with van der Waals surface area (Å²) < 4.78 is 0. The van der Waals surface area contributed by atoms with Crippen molar-refractivity contribution in [3.05, 3.63) is 0 Å². The van der Waals surface area contributed by atoms with Crippen molar-refractivity contribution in [1.82, 2.24) is 4.90 Å². The van der Waals surface area contributed by atoms with Crippen LogP contribution in [-0.4, -0.2) is 41.9 Å². The molecular weight excluding hydrogens is 256 g/mol. The van der Waals surface area contributed by atoms with Gasteiger partial charge in [-0.1, -0.05) is 6.92 Å². The molecule has 1 fully saturated rings. The van der Waals surface area contributed by atoms with Crippen LogP contribution >= 0.6 is 24.2 Å². The van der Waals surface area contributed by atoms with Crippen molar-refractivity contribution in [1.29, 1.82) is 0 Å². The van der Waals surface area contributed by atoms with Gasteiger partial charge >= 0.3 is 0 Å². The van der Waals surface area contributed by atoms with E-state index in [2.05, 4.69) is 11.2 Å². The number of hydrogen-bond acceptors (Lipinski definition) is 3. The maximum Gasteiger partial charge on any atom is 0.226 e. The van der Waals surface area contributed by atoms with Crippen molar-refractivity contribution < 1.29 is 4.79 Å². The van der Waals surface area contributed by atoms with Gasteiger partial charge < -0.3 is 10.6 Å². The van der Waals surface area contributed by atoms with E-state index < -0.39 is 0 Å². The maximum absolute atomic E-state index is 12.2. The lowest BCUT2D eigenvalue weighted by Gasteiger charge is -2.37. The fourth-order valence-corrected chi connectivity index (χ4v) is 3.03. The average Bonchev–Trinajstić information content (AvgIpc) is 2.29. The first-order valence-electron chi connectivity index (χ1n) is 6.20. The van der Waals surface area contributed by atoms with Crippen LogP contribution in [0.5, 0.6) is 0 Å². The molecule has 0 aliphatic carbocycles. The molecule has 0 aromatic heterocycles. The van der Waals surface area contributed by atoms with Crippen molar-refractivity contribution in [2.24, 2.45) is 11.7 Å². The SMILES string of the molecule is CSCC(C)C(=O)N1CCCCC1CCN.Cl. The predicted octanol–water partition coefficient (Wildman–Crippen LogP) is 2.14. The molecule has 0 bridgehead atoms. The summed E-state index contributed by atoms with van der Waals surface area (Å²) in [6, 6.07) is 0.399. The van der Waals surface area contributed by atoms with Crippen LogP contribution in [0.1, 0.15) is 32.6 Å². The van der Waals surface area contributed by atoms with Crippen molar-refractivity contribution in [3.63, 3.8) is 0 Å². The Morgan fingerprint density at radius 2 is 2.24 bits per heavy atom. The van der Waals surface area contributed by atoms with Crippen molar-refractivity contribution in [2.45, 2.75) is 38.6 Å². The van der Waals surface area contributed by atoms with E-state index in [0.717, 1.165) is 31.6 Å². The Balaban J connectivity index is 0.00000256. The molecule has 0 saturated carbocycles. The highest BCUT2D eigenvalue weighted by Crippen LogP contribution is 2.22. The highest BCUT2D eigenvalue weighted by Gasteiger charge is 2.28. The standard InChI is InChI=1S/C12H24N2OS.ClH/c1-10(9-16-2)12(15)14-8-4-3-5-11(14)6-7-13;/h10-11H,3-9,13H2,1-2H3;1H. The Hall–Kier alpha value is 0.0700. The number of nitrogens with two attached hydrogens (primary N) is 1. The summed E-state index contributed by atoms with van der Waals surface area (Å²) in [4.78, 5) is 14.3. The first-order valence-corrected chi connectivity index (χ1v) is 7.59. The lowest BCUT2D eigenvalue weighted by atomic mass is 9.97. The van der Waals surface area contributed by atoms with Crippen LogP contribution in [0.15, 0.2) is 0 Å². The number of likely N-dealkylation sites (tertiary alicyclic amines) is 1. The molecule has 1 rings (SSSR count). The van der Waals surface area contributed by atoms with Crippen molar-refractivity contribution in [3.8, 4) is 0 Å². The number of nitrogens with zero attached hydrogens (tertiary/aromatic N) is 1. The second-order valence-corrected chi connectivity index (χ2v) is 5.53.